The Morgan fingerprint density at radius 2 is 1.78 bits per heavy atom. The Bertz CT molecular complexity index is 994. The third-order valence-electron chi connectivity index (χ3n) is 5.74. The Hall–Kier alpha value is -2.63. The van der Waals surface area contributed by atoms with Gasteiger partial charge in [0.15, 0.2) is 17.7 Å². The second-order valence-electron chi connectivity index (χ2n) is 10.2. The van der Waals surface area contributed by atoms with Crippen molar-refractivity contribution in [1.82, 2.24) is 0 Å². The maximum Gasteiger partial charge on any atom is 0.265 e. The minimum Gasteiger partial charge on any atom is -0.503 e. The van der Waals surface area contributed by atoms with E-state index in [0.717, 1.165) is 24.5 Å². The highest BCUT2D eigenvalue weighted by Gasteiger charge is 2.27. The second-order valence-corrected chi connectivity index (χ2v) is 10.2. The van der Waals surface area contributed by atoms with Gasteiger partial charge in [-0.3, -0.25) is 4.79 Å². The van der Waals surface area contributed by atoms with E-state index in [1.165, 1.54) is 12.5 Å². The predicted molar refractivity (Wildman–Crippen MR) is 124 cm³/mol. The van der Waals surface area contributed by atoms with Gasteiger partial charge >= 0.3 is 0 Å². The van der Waals surface area contributed by atoms with Crippen molar-refractivity contribution in [2.75, 3.05) is 5.32 Å². The summed E-state index contributed by atoms with van der Waals surface area (Å²) in [6.45, 7) is 15.6. The Balaban J connectivity index is 2.30. The number of phenols is 1. The maximum absolute atomic E-state index is 14.0. The van der Waals surface area contributed by atoms with E-state index in [2.05, 4.69) is 52.9 Å². The molecule has 0 aliphatic heterocycles. The fourth-order valence-corrected chi connectivity index (χ4v) is 3.40. The molecule has 2 rings (SSSR count). The molecule has 0 saturated heterocycles. The summed E-state index contributed by atoms with van der Waals surface area (Å²) in [7, 11) is 0. The smallest absolute Gasteiger partial charge is 0.265 e. The molecule has 6 heteroatoms. The zero-order valence-electron chi connectivity index (χ0n) is 20.3. The summed E-state index contributed by atoms with van der Waals surface area (Å²) in [5.41, 5.74) is 1.49. The molecule has 0 radical (unpaired) electrons. The average Bonchev–Trinajstić information content (AvgIpc) is 2.70. The molecule has 0 aliphatic carbocycles. The molecule has 0 spiro atoms. The average molecular weight is 448 g/mol. The third kappa shape index (κ3) is 5.99. The first kappa shape index (κ1) is 25.6. The highest BCUT2D eigenvalue weighted by molar-refractivity contribution is 5.95. The number of nitrogens with one attached hydrogen (secondary N) is 1. The summed E-state index contributed by atoms with van der Waals surface area (Å²) in [4.78, 5) is 12.7. The van der Waals surface area contributed by atoms with Crippen LogP contribution in [-0.4, -0.2) is 17.1 Å². The molecule has 1 unspecified atom stereocenters. The summed E-state index contributed by atoms with van der Waals surface area (Å²) >= 11 is 0. The van der Waals surface area contributed by atoms with Crippen molar-refractivity contribution in [3.8, 4) is 11.5 Å². The summed E-state index contributed by atoms with van der Waals surface area (Å²) in [6, 6.07) is 6.90. The van der Waals surface area contributed by atoms with Gasteiger partial charge in [-0.15, -0.1) is 0 Å². The van der Waals surface area contributed by atoms with E-state index < -0.39 is 29.4 Å². The van der Waals surface area contributed by atoms with Gasteiger partial charge in [-0.2, -0.15) is 0 Å². The monoisotopic (exact) mass is 447 g/mol. The molecule has 176 valence electrons. The van der Waals surface area contributed by atoms with E-state index in [1.807, 2.05) is 12.1 Å². The summed E-state index contributed by atoms with van der Waals surface area (Å²) in [5, 5.41) is 12.3. The van der Waals surface area contributed by atoms with Gasteiger partial charge in [0.25, 0.3) is 5.91 Å². The van der Waals surface area contributed by atoms with E-state index in [4.69, 9.17) is 4.74 Å². The van der Waals surface area contributed by atoms with Gasteiger partial charge in [-0.25, -0.2) is 8.78 Å². The molecule has 4 nitrogen and oxygen atoms in total. The number of halogens is 2. The minimum atomic E-state index is -1.10. The van der Waals surface area contributed by atoms with Gasteiger partial charge in [0.1, 0.15) is 11.6 Å². The number of carbonyl (C=O) groups is 1. The van der Waals surface area contributed by atoms with Crippen LogP contribution < -0.4 is 10.1 Å². The number of aromatic hydroxyl groups is 1. The first-order chi connectivity index (χ1) is 14.7. The fourth-order valence-electron chi connectivity index (χ4n) is 3.40. The SMILES string of the molecule is CCC(C)(C)c1cc(CC(C)(C)C)ccc1OC(C)C(=O)Nc1cc(F)c(C)c(F)c1O. The number of carbonyl (C=O) groups excluding carboxylic acids is 1. The molecule has 0 fully saturated rings. The van der Waals surface area contributed by atoms with Crippen molar-refractivity contribution in [2.24, 2.45) is 5.41 Å². The second kappa shape index (κ2) is 9.47. The number of ether oxygens (including phenoxy) is 1. The first-order valence-corrected chi connectivity index (χ1v) is 10.9. The van der Waals surface area contributed by atoms with Crippen molar-refractivity contribution in [3.63, 3.8) is 0 Å². The first-order valence-electron chi connectivity index (χ1n) is 10.9. The number of anilines is 1. The quantitative estimate of drug-likeness (QED) is 0.467. The molecule has 1 amide bonds. The highest BCUT2D eigenvalue weighted by atomic mass is 19.1. The van der Waals surface area contributed by atoms with E-state index in [-0.39, 0.29) is 22.1 Å². The van der Waals surface area contributed by atoms with Crippen LogP contribution in [-0.2, 0) is 16.6 Å². The molecule has 2 aromatic rings. The molecule has 0 bridgehead atoms. The number of hydrogen-bond donors (Lipinski definition) is 2. The molecule has 32 heavy (non-hydrogen) atoms. The van der Waals surface area contributed by atoms with Crippen molar-refractivity contribution < 1.29 is 23.4 Å². The lowest BCUT2D eigenvalue weighted by molar-refractivity contribution is -0.122. The van der Waals surface area contributed by atoms with Gasteiger partial charge in [-0.1, -0.05) is 53.7 Å². The van der Waals surface area contributed by atoms with Crippen molar-refractivity contribution in [1.29, 1.82) is 0 Å². The van der Waals surface area contributed by atoms with Crippen LogP contribution in [0.3, 0.4) is 0 Å². The maximum atomic E-state index is 14.0. The minimum absolute atomic E-state index is 0.129. The van der Waals surface area contributed by atoms with Crippen LogP contribution in [0.1, 0.15) is 71.6 Å². The lowest BCUT2D eigenvalue weighted by Gasteiger charge is -2.29. The van der Waals surface area contributed by atoms with Crippen LogP contribution in [0.2, 0.25) is 0 Å². The molecule has 0 aromatic heterocycles. The largest absolute Gasteiger partial charge is 0.503 e. The number of benzene rings is 2. The number of rotatable bonds is 7. The van der Waals surface area contributed by atoms with Crippen molar-refractivity contribution in [3.05, 3.63) is 52.6 Å². The predicted octanol–water partition coefficient (Wildman–Crippen LogP) is 6.66. The molecular formula is C26H35F2NO3. The summed E-state index contributed by atoms with van der Waals surface area (Å²) < 4.78 is 33.8. The van der Waals surface area contributed by atoms with Gasteiger partial charge in [0.05, 0.1) is 5.69 Å². The van der Waals surface area contributed by atoms with Gasteiger partial charge < -0.3 is 15.2 Å². The van der Waals surface area contributed by atoms with Crippen LogP contribution in [0, 0.1) is 24.0 Å². The Morgan fingerprint density at radius 1 is 1.16 bits per heavy atom. The highest BCUT2D eigenvalue weighted by Crippen LogP contribution is 2.37. The van der Waals surface area contributed by atoms with Gasteiger partial charge in [0.2, 0.25) is 0 Å². The van der Waals surface area contributed by atoms with Crippen molar-refractivity contribution in [2.45, 2.75) is 79.8 Å². The van der Waals surface area contributed by atoms with E-state index in [0.29, 0.717) is 5.75 Å². The van der Waals surface area contributed by atoms with Crippen LogP contribution in [0.25, 0.3) is 0 Å². The van der Waals surface area contributed by atoms with Gasteiger partial charge in [-0.05, 0) is 49.1 Å². The Labute approximate surface area is 190 Å². The van der Waals surface area contributed by atoms with E-state index in [1.54, 1.807) is 6.92 Å². The number of hydrogen-bond acceptors (Lipinski definition) is 3. The van der Waals surface area contributed by atoms with Crippen LogP contribution in [0.5, 0.6) is 11.5 Å². The lowest BCUT2D eigenvalue weighted by Crippen LogP contribution is -2.31. The van der Waals surface area contributed by atoms with Crippen LogP contribution in [0.4, 0.5) is 14.5 Å². The van der Waals surface area contributed by atoms with Crippen LogP contribution in [0.15, 0.2) is 24.3 Å². The third-order valence-corrected chi connectivity index (χ3v) is 5.74. The molecule has 0 heterocycles. The standard InChI is InChI=1S/C26H35F2NO3/c1-9-26(7,8)18-12-17(14-25(4,5)6)10-11-21(18)32-16(3)24(31)29-20-13-19(27)15(2)22(28)23(20)30/h10-13,16,30H,9,14H2,1-8H3,(H,29,31). The Kier molecular flexibility index (Phi) is 7.59. The summed E-state index contributed by atoms with van der Waals surface area (Å²) in [6.07, 6.45) is 0.820. The van der Waals surface area contributed by atoms with Crippen LogP contribution >= 0.6 is 0 Å². The molecule has 0 saturated carbocycles. The zero-order chi connectivity index (χ0) is 24.4. The molecule has 2 N–H and O–H groups in total. The van der Waals surface area contributed by atoms with E-state index in [9.17, 15) is 18.7 Å². The lowest BCUT2D eigenvalue weighted by atomic mass is 9.79. The zero-order valence-corrected chi connectivity index (χ0v) is 20.3. The Morgan fingerprint density at radius 3 is 2.34 bits per heavy atom. The van der Waals surface area contributed by atoms with Gasteiger partial charge in [0, 0.05) is 17.2 Å². The van der Waals surface area contributed by atoms with E-state index >= 15 is 0 Å². The molecule has 2 aromatic carbocycles. The topological polar surface area (TPSA) is 58.6 Å². The number of amides is 1. The molecular weight excluding hydrogens is 412 g/mol. The number of phenolic OH excluding ortho intramolecular Hbond substituents is 1. The molecule has 0 aliphatic rings. The summed E-state index contributed by atoms with van der Waals surface area (Å²) in [5.74, 6) is -2.80. The fraction of sp³-hybridized carbons (Fsp3) is 0.500. The van der Waals surface area contributed by atoms with Crippen molar-refractivity contribution >= 4 is 11.6 Å². The molecule has 1 atom stereocenters. The normalized spacial score (nSPS) is 13.1.